The molecule has 0 saturated carbocycles. The Kier molecular flexibility index (Phi) is 2.68. The van der Waals surface area contributed by atoms with Crippen molar-refractivity contribution in [2.75, 3.05) is 6.54 Å². The van der Waals surface area contributed by atoms with Crippen LogP contribution in [0.3, 0.4) is 0 Å². The van der Waals surface area contributed by atoms with Crippen molar-refractivity contribution in [1.82, 2.24) is 0 Å². The van der Waals surface area contributed by atoms with Gasteiger partial charge >= 0.3 is 0 Å². The van der Waals surface area contributed by atoms with Gasteiger partial charge in [0, 0.05) is 5.92 Å². The lowest BCUT2D eigenvalue weighted by Crippen LogP contribution is -2.31. The van der Waals surface area contributed by atoms with Crippen LogP contribution in [0, 0.1) is 17.3 Å². The van der Waals surface area contributed by atoms with Crippen molar-refractivity contribution in [3.05, 3.63) is 12.2 Å². The summed E-state index contributed by atoms with van der Waals surface area (Å²) in [5.74, 6) is 0.380. The Morgan fingerprint density at radius 1 is 1.67 bits per heavy atom. The van der Waals surface area contributed by atoms with Crippen LogP contribution in [0.15, 0.2) is 12.2 Å². The Balaban J connectivity index is 2.75. The molecule has 2 nitrogen and oxygen atoms in total. The van der Waals surface area contributed by atoms with E-state index in [9.17, 15) is 4.79 Å². The van der Waals surface area contributed by atoms with Crippen molar-refractivity contribution in [3.63, 3.8) is 0 Å². The van der Waals surface area contributed by atoms with Gasteiger partial charge in [-0.3, -0.25) is 0 Å². The molecule has 0 amide bonds. The van der Waals surface area contributed by atoms with Crippen LogP contribution in [0.5, 0.6) is 0 Å². The topological polar surface area (TPSA) is 43.1 Å². The third-order valence-electron chi connectivity index (χ3n) is 2.56. The van der Waals surface area contributed by atoms with Crippen LogP contribution in [0.2, 0.25) is 0 Å². The molecule has 2 heteroatoms. The van der Waals surface area contributed by atoms with E-state index in [1.165, 1.54) is 0 Å². The molecule has 2 unspecified atom stereocenters. The lowest BCUT2D eigenvalue weighted by molar-refractivity contribution is -0.111. The Morgan fingerprint density at radius 3 is 2.83 bits per heavy atom. The summed E-state index contributed by atoms with van der Waals surface area (Å²) in [6.07, 6.45) is 6.14. The van der Waals surface area contributed by atoms with Crippen molar-refractivity contribution < 1.29 is 4.79 Å². The lowest BCUT2D eigenvalue weighted by atomic mass is 9.72. The number of carbonyl (C=O) groups is 1. The summed E-state index contributed by atoms with van der Waals surface area (Å²) in [6, 6.07) is 0. The van der Waals surface area contributed by atoms with E-state index in [1.807, 2.05) is 6.08 Å². The van der Waals surface area contributed by atoms with E-state index in [0.717, 1.165) is 12.7 Å². The Bertz CT molecular complexity index is 196. The van der Waals surface area contributed by atoms with Gasteiger partial charge in [-0.15, -0.1) is 0 Å². The van der Waals surface area contributed by atoms with Gasteiger partial charge in [0.05, 0.1) is 0 Å². The highest BCUT2D eigenvalue weighted by molar-refractivity contribution is 5.57. The van der Waals surface area contributed by atoms with Gasteiger partial charge in [-0.25, -0.2) is 0 Å². The van der Waals surface area contributed by atoms with E-state index in [0.29, 0.717) is 12.5 Å². The van der Waals surface area contributed by atoms with Gasteiger partial charge in [-0.05, 0) is 24.3 Å². The van der Waals surface area contributed by atoms with Crippen LogP contribution in [-0.2, 0) is 4.79 Å². The van der Waals surface area contributed by atoms with Crippen LogP contribution in [0.25, 0.3) is 0 Å². The molecule has 1 rings (SSSR count). The summed E-state index contributed by atoms with van der Waals surface area (Å²) in [5.41, 5.74) is 5.81. The van der Waals surface area contributed by atoms with Gasteiger partial charge in [0.2, 0.25) is 0 Å². The summed E-state index contributed by atoms with van der Waals surface area (Å²) in [7, 11) is 0. The standard InChI is InChI=1S/C10H17NO/c1-10(2)4-3-8(7-12)9(5-10)6-11/h3-4,7-9H,5-6,11H2,1-2H3. The number of hydrogen-bond acceptors (Lipinski definition) is 2. The van der Waals surface area contributed by atoms with Gasteiger partial charge in [0.25, 0.3) is 0 Å². The number of nitrogens with two attached hydrogens (primary N) is 1. The van der Waals surface area contributed by atoms with Crippen LogP contribution >= 0.6 is 0 Å². The minimum atomic E-state index is 0.0445. The molecular weight excluding hydrogens is 150 g/mol. The summed E-state index contributed by atoms with van der Waals surface area (Å²) in [5, 5.41) is 0. The molecule has 0 saturated heterocycles. The van der Waals surface area contributed by atoms with E-state index in [2.05, 4.69) is 19.9 Å². The zero-order valence-corrected chi connectivity index (χ0v) is 7.79. The molecule has 2 atom stereocenters. The maximum Gasteiger partial charge on any atom is 0.127 e. The van der Waals surface area contributed by atoms with Crippen LogP contribution in [0.4, 0.5) is 0 Å². The zero-order chi connectivity index (χ0) is 9.19. The molecule has 0 aromatic carbocycles. The molecule has 0 aromatic rings. The van der Waals surface area contributed by atoms with E-state index in [-0.39, 0.29) is 11.3 Å². The van der Waals surface area contributed by atoms with Crippen molar-refractivity contribution in [2.24, 2.45) is 23.0 Å². The second-order valence-electron chi connectivity index (χ2n) is 4.26. The van der Waals surface area contributed by atoms with E-state index < -0.39 is 0 Å². The molecule has 0 bridgehead atoms. The number of carbonyl (C=O) groups excluding carboxylic acids is 1. The summed E-state index contributed by atoms with van der Waals surface area (Å²) in [6.45, 7) is 4.96. The summed E-state index contributed by atoms with van der Waals surface area (Å²) >= 11 is 0. The van der Waals surface area contributed by atoms with Crippen LogP contribution in [0.1, 0.15) is 20.3 Å². The third kappa shape index (κ3) is 1.95. The van der Waals surface area contributed by atoms with Crippen LogP contribution < -0.4 is 5.73 Å². The van der Waals surface area contributed by atoms with E-state index in [1.54, 1.807) is 0 Å². The van der Waals surface area contributed by atoms with Gasteiger partial charge < -0.3 is 10.5 Å². The Hall–Kier alpha value is -0.630. The Labute approximate surface area is 73.8 Å². The molecule has 0 fully saturated rings. The first kappa shape index (κ1) is 9.46. The lowest BCUT2D eigenvalue weighted by Gasteiger charge is -2.33. The normalized spacial score (nSPS) is 33.2. The molecule has 0 heterocycles. The maximum atomic E-state index is 10.6. The fourth-order valence-electron chi connectivity index (χ4n) is 1.81. The Morgan fingerprint density at radius 2 is 2.33 bits per heavy atom. The smallest absolute Gasteiger partial charge is 0.127 e. The van der Waals surface area contributed by atoms with Gasteiger partial charge in [-0.1, -0.05) is 26.0 Å². The molecule has 2 N–H and O–H groups in total. The molecule has 0 spiro atoms. The predicted molar refractivity (Wildman–Crippen MR) is 49.6 cm³/mol. The average molecular weight is 167 g/mol. The predicted octanol–water partition coefficient (Wildman–Crippen LogP) is 1.36. The number of hydrogen-bond donors (Lipinski definition) is 1. The fourth-order valence-corrected chi connectivity index (χ4v) is 1.81. The van der Waals surface area contributed by atoms with Crippen molar-refractivity contribution in [2.45, 2.75) is 20.3 Å². The van der Waals surface area contributed by atoms with Crippen molar-refractivity contribution in [3.8, 4) is 0 Å². The molecule has 0 radical (unpaired) electrons. The summed E-state index contributed by atoms with van der Waals surface area (Å²) in [4.78, 5) is 10.6. The zero-order valence-electron chi connectivity index (χ0n) is 7.79. The highest BCUT2D eigenvalue weighted by Gasteiger charge is 2.29. The molecular formula is C10H17NO. The number of allylic oxidation sites excluding steroid dienone is 2. The number of aldehydes is 1. The quantitative estimate of drug-likeness (QED) is 0.498. The monoisotopic (exact) mass is 167 g/mol. The first-order valence-corrected chi connectivity index (χ1v) is 4.44. The highest BCUT2D eigenvalue weighted by atomic mass is 16.1. The minimum absolute atomic E-state index is 0.0445. The molecule has 1 aliphatic rings. The molecule has 0 aromatic heterocycles. The van der Waals surface area contributed by atoms with Gasteiger partial charge in [0.15, 0.2) is 0 Å². The SMILES string of the molecule is CC1(C)C=CC(C=O)C(CN)C1. The minimum Gasteiger partial charge on any atom is -0.330 e. The summed E-state index contributed by atoms with van der Waals surface area (Å²) < 4.78 is 0. The second kappa shape index (κ2) is 3.40. The largest absolute Gasteiger partial charge is 0.330 e. The van der Waals surface area contributed by atoms with Crippen molar-refractivity contribution in [1.29, 1.82) is 0 Å². The molecule has 68 valence electrons. The van der Waals surface area contributed by atoms with Crippen LogP contribution in [-0.4, -0.2) is 12.8 Å². The van der Waals surface area contributed by atoms with E-state index in [4.69, 9.17) is 5.73 Å². The highest BCUT2D eigenvalue weighted by Crippen LogP contribution is 2.35. The van der Waals surface area contributed by atoms with Gasteiger partial charge in [0.1, 0.15) is 6.29 Å². The molecule has 0 aliphatic heterocycles. The number of rotatable bonds is 2. The fraction of sp³-hybridized carbons (Fsp3) is 0.700. The van der Waals surface area contributed by atoms with E-state index >= 15 is 0 Å². The molecule has 12 heavy (non-hydrogen) atoms. The third-order valence-corrected chi connectivity index (χ3v) is 2.56. The maximum absolute atomic E-state index is 10.6. The van der Waals surface area contributed by atoms with Crippen molar-refractivity contribution >= 4 is 6.29 Å². The molecule has 1 aliphatic carbocycles. The second-order valence-corrected chi connectivity index (χ2v) is 4.26. The first-order chi connectivity index (χ1) is 5.59. The first-order valence-electron chi connectivity index (χ1n) is 4.44. The average Bonchev–Trinajstić information content (AvgIpc) is 2.03. The van der Waals surface area contributed by atoms with Gasteiger partial charge in [-0.2, -0.15) is 0 Å².